The Morgan fingerprint density at radius 3 is 2.65 bits per heavy atom. The van der Waals surface area contributed by atoms with Crippen LogP contribution in [-0.2, 0) is 0 Å². The highest BCUT2D eigenvalue weighted by Gasteiger charge is 2.16. The largest absolute Gasteiger partial charge is 0.436 e. The molecule has 0 fully saturated rings. The number of oxazole rings is 1. The van der Waals surface area contributed by atoms with E-state index in [1.54, 1.807) is 44.4 Å². The van der Waals surface area contributed by atoms with E-state index in [0.29, 0.717) is 42.6 Å². The molecule has 1 amide bonds. The van der Waals surface area contributed by atoms with Crippen LogP contribution in [0.3, 0.4) is 0 Å². The van der Waals surface area contributed by atoms with E-state index in [-0.39, 0.29) is 5.91 Å². The maximum Gasteiger partial charge on any atom is 0.253 e. The third-order valence-corrected chi connectivity index (χ3v) is 4.86. The van der Waals surface area contributed by atoms with Crippen LogP contribution in [0.1, 0.15) is 10.4 Å². The van der Waals surface area contributed by atoms with Crippen LogP contribution < -0.4 is 0 Å². The van der Waals surface area contributed by atoms with Crippen LogP contribution in [0.2, 0.25) is 10.0 Å². The minimum absolute atomic E-state index is 0.0940. The molecule has 3 aromatic rings. The first-order valence-electron chi connectivity index (χ1n) is 6.64. The van der Waals surface area contributed by atoms with E-state index in [2.05, 4.69) is 20.9 Å². The summed E-state index contributed by atoms with van der Waals surface area (Å²) >= 11 is 15.6. The molecule has 0 N–H and O–H groups in total. The molecule has 2 aromatic carbocycles. The summed E-state index contributed by atoms with van der Waals surface area (Å²) in [4.78, 5) is 18.0. The maximum absolute atomic E-state index is 12.0. The van der Waals surface area contributed by atoms with Crippen LogP contribution in [0.25, 0.3) is 22.6 Å². The van der Waals surface area contributed by atoms with Crippen LogP contribution >= 0.6 is 39.1 Å². The lowest BCUT2D eigenvalue weighted by Crippen LogP contribution is -2.21. The smallest absolute Gasteiger partial charge is 0.253 e. The van der Waals surface area contributed by atoms with Gasteiger partial charge in [-0.05, 0) is 46.3 Å². The van der Waals surface area contributed by atoms with Crippen LogP contribution in [0, 0.1) is 0 Å². The zero-order chi connectivity index (χ0) is 16.7. The molecule has 0 atom stereocenters. The predicted molar refractivity (Wildman–Crippen MR) is 95.2 cm³/mol. The van der Waals surface area contributed by atoms with Gasteiger partial charge in [0.15, 0.2) is 5.58 Å². The number of halogens is 3. The number of amides is 1. The molecule has 0 unspecified atom stereocenters. The Morgan fingerprint density at radius 2 is 1.96 bits per heavy atom. The summed E-state index contributed by atoms with van der Waals surface area (Å²) in [5.74, 6) is 0.286. The maximum atomic E-state index is 12.0. The second kappa shape index (κ2) is 6.15. The highest BCUT2D eigenvalue weighted by molar-refractivity contribution is 9.10. The summed E-state index contributed by atoms with van der Waals surface area (Å²) in [5.41, 5.74) is 2.37. The number of fused-ring (bicyclic) bond motifs is 1. The molecular weight excluding hydrogens is 403 g/mol. The molecule has 0 aliphatic heterocycles. The quantitative estimate of drug-likeness (QED) is 0.538. The molecule has 3 rings (SSSR count). The lowest BCUT2D eigenvalue weighted by Gasteiger charge is -2.09. The monoisotopic (exact) mass is 412 g/mol. The Labute approximate surface area is 151 Å². The van der Waals surface area contributed by atoms with Crippen molar-refractivity contribution >= 4 is 56.1 Å². The fourth-order valence-electron chi connectivity index (χ4n) is 2.15. The minimum atomic E-state index is -0.0940. The van der Waals surface area contributed by atoms with Crippen molar-refractivity contribution in [2.75, 3.05) is 14.1 Å². The molecule has 4 nitrogen and oxygen atoms in total. The number of carbonyl (C=O) groups is 1. The molecule has 1 heterocycles. The van der Waals surface area contributed by atoms with Crippen LogP contribution in [0.5, 0.6) is 0 Å². The average molecular weight is 414 g/mol. The third kappa shape index (κ3) is 3.09. The topological polar surface area (TPSA) is 46.3 Å². The fraction of sp³-hybridized carbons (Fsp3) is 0.125. The van der Waals surface area contributed by atoms with Crippen LogP contribution in [0.4, 0.5) is 0 Å². The van der Waals surface area contributed by atoms with Gasteiger partial charge in [0.05, 0.1) is 10.6 Å². The summed E-state index contributed by atoms with van der Waals surface area (Å²) in [5, 5.41) is 0.956. The Kier molecular flexibility index (Phi) is 4.36. The van der Waals surface area contributed by atoms with Gasteiger partial charge >= 0.3 is 0 Å². The first kappa shape index (κ1) is 16.3. The minimum Gasteiger partial charge on any atom is -0.436 e. The molecule has 0 spiro atoms. The molecule has 0 aliphatic rings. The fourth-order valence-corrected chi connectivity index (χ4v) is 3.04. The van der Waals surface area contributed by atoms with Gasteiger partial charge in [-0.2, -0.15) is 0 Å². The van der Waals surface area contributed by atoms with Crippen molar-refractivity contribution < 1.29 is 9.21 Å². The number of nitrogens with zero attached hydrogens (tertiary/aromatic N) is 2. The number of hydrogen-bond donors (Lipinski definition) is 0. The summed E-state index contributed by atoms with van der Waals surface area (Å²) in [6.45, 7) is 0. The van der Waals surface area contributed by atoms with Gasteiger partial charge in [0.25, 0.3) is 5.91 Å². The molecular formula is C16H11BrCl2N2O2. The Balaban J connectivity index is 2.13. The van der Waals surface area contributed by atoms with Gasteiger partial charge in [-0.25, -0.2) is 4.98 Å². The molecule has 7 heteroatoms. The van der Waals surface area contributed by atoms with Crippen molar-refractivity contribution in [3.63, 3.8) is 0 Å². The summed E-state index contributed by atoms with van der Waals surface area (Å²) in [6.07, 6.45) is 0. The van der Waals surface area contributed by atoms with Crippen molar-refractivity contribution in [1.82, 2.24) is 9.88 Å². The normalized spacial score (nSPS) is 11.0. The predicted octanol–water partition coefficient (Wildman–Crippen LogP) is 5.27. The number of benzene rings is 2. The highest BCUT2D eigenvalue weighted by atomic mass is 79.9. The molecule has 0 radical (unpaired) electrons. The van der Waals surface area contributed by atoms with Gasteiger partial charge in [0, 0.05) is 29.2 Å². The van der Waals surface area contributed by atoms with Crippen molar-refractivity contribution in [2.24, 2.45) is 0 Å². The Hall–Kier alpha value is -1.56. The molecule has 1 aromatic heterocycles. The zero-order valence-corrected chi connectivity index (χ0v) is 15.3. The van der Waals surface area contributed by atoms with Gasteiger partial charge in [-0.3, -0.25) is 4.79 Å². The standard InChI is InChI=1S/C16H11BrCl2N2O2/c1-21(2)16(22)8-3-4-13-12(5-8)20-15(23-13)10-6-9(18)7-11(19)14(10)17/h3-7H,1-2H3. The number of rotatable bonds is 2. The number of aromatic nitrogens is 1. The number of carbonyl (C=O) groups excluding carboxylic acids is 1. The van der Waals surface area contributed by atoms with Gasteiger partial charge < -0.3 is 9.32 Å². The Bertz CT molecular complexity index is 922. The van der Waals surface area contributed by atoms with E-state index in [1.807, 2.05) is 0 Å². The van der Waals surface area contributed by atoms with E-state index < -0.39 is 0 Å². The molecule has 0 bridgehead atoms. The molecule has 0 saturated heterocycles. The SMILES string of the molecule is CN(C)C(=O)c1ccc2oc(-c3cc(Cl)cc(Cl)c3Br)nc2c1. The van der Waals surface area contributed by atoms with Crippen molar-refractivity contribution in [2.45, 2.75) is 0 Å². The van der Waals surface area contributed by atoms with Gasteiger partial charge in [0.2, 0.25) is 5.89 Å². The Morgan fingerprint density at radius 1 is 1.22 bits per heavy atom. The van der Waals surface area contributed by atoms with E-state index in [9.17, 15) is 4.79 Å². The van der Waals surface area contributed by atoms with Gasteiger partial charge in [-0.1, -0.05) is 23.2 Å². The zero-order valence-electron chi connectivity index (χ0n) is 12.2. The van der Waals surface area contributed by atoms with E-state index in [0.717, 1.165) is 0 Å². The van der Waals surface area contributed by atoms with Gasteiger partial charge in [0.1, 0.15) is 5.52 Å². The van der Waals surface area contributed by atoms with Gasteiger partial charge in [-0.15, -0.1) is 0 Å². The van der Waals surface area contributed by atoms with Crippen molar-refractivity contribution in [3.8, 4) is 11.5 Å². The first-order valence-corrected chi connectivity index (χ1v) is 8.19. The van der Waals surface area contributed by atoms with E-state index >= 15 is 0 Å². The molecule has 118 valence electrons. The second-order valence-electron chi connectivity index (χ2n) is 5.15. The van der Waals surface area contributed by atoms with Crippen LogP contribution in [-0.4, -0.2) is 29.9 Å². The molecule has 23 heavy (non-hydrogen) atoms. The summed E-state index contributed by atoms with van der Waals surface area (Å²) < 4.78 is 6.41. The molecule has 0 saturated carbocycles. The molecule has 0 aliphatic carbocycles. The number of hydrogen-bond acceptors (Lipinski definition) is 3. The third-order valence-electron chi connectivity index (χ3n) is 3.26. The van der Waals surface area contributed by atoms with Crippen LogP contribution in [0.15, 0.2) is 39.2 Å². The average Bonchev–Trinajstić information content (AvgIpc) is 2.92. The first-order chi connectivity index (χ1) is 10.9. The van der Waals surface area contributed by atoms with Crippen molar-refractivity contribution in [1.29, 1.82) is 0 Å². The van der Waals surface area contributed by atoms with Crippen molar-refractivity contribution in [3.05, 3.63) is 50.4 Å². The lowest BCUT2D eigenvalue weighted by atomic mass is 10.2. The van der Waals surface area contributed by atoms with E-state index in [1.165, 1.54) is 4.90 Å². The lowest BCUT2D eigenvalue weighted by molar-refractivity contribution is 0.0828. The highest BCUT2D eigenvalue weighted by Crippen LogP contribution is 2.37. The van der Waals surface area contributed by atoms with E-state index in [4.69, 9.17) is 27.6 Å². The summed E-state index contributed by atoms with van der Waals surface area (Å²) in [6, 6.07) is 8.48. The second-order valence-corrected chi connectivity index (χ2v) is 6.79. The summed E-state index contributed by atoms with van der Waals surface area (Å²) in [7, 11) is 3.40.